The van der Waals surface area contributed by atoms with Gasteiger partial charge >= 0.3 is 0 Å². The first-order valence-corrected chi connectivity index (χ1v) is 8.29. The van der Waals surface area contributed by atoms with Gasteiger partial charge in [0.1, 0.15) is 4.90 Å². The number of nitrogens with zero attached hydrogens (tertiary/aromatic N) is 2. The summed E-state index contributed by atoms with van der Waals surface area (Å²) in [6, 6.07) is 11.2. The molecule has 0 saturated carbocycles. The third-order valence-electron chi connectivity index (χ3n) is 3.58. The van der Waals surface area contributed by atoms with E-state index in [1.165, 1.54) is 16.1 Å². The van der Waals surface area contributed by atoms with Crippen molar-refractivity contribution in [2.24, 2.45) is 0 Å². The van der Waals surface area contributed by atoms with E-state index in [2.05, 4.69) is 4.98 Å². The van der Waals surface area contributed by atoms with Crippen LogP contribution >= 0.6 is 0 Å². The van der Waals surface area contributed by atoms with Crippen molar-refractivity contribution >= 4 is 10.0 Å². The maximum atomic E-state index is 12.5. The van der Waals surface area contributed by atoms with E-state index < -0.39 is 10.0 Å². The van der Waals surface area contributed by atoms with E-state index in [1.807, 2.05) is 38.1 Å². The molecule has 0 aliphatic rings. The third kappa shape index (κ3) is 3.68. The normalized spacial score (nSPS) is 13.3. The summed E-state index contributed by atoms with van der Waals surface area (Å²) in [5.41, 5.74) is 2.32. The molecule has 1 aromatic heterocycles. The van der Waals surface area contributed by atoms with Gasteiger partial charge < -0.3 is 0 Å². The molecule has 4 nitrogen and oxygen atoms in total. The van der Waals surface area contributed by atoms with Gasteiger partial charge in [0.05, 0.1) is 0 Å². The van der Waals surface area contributed by atoms with Crippen LogP contribution in [-0.2, 0) is 16.4 Å². The van der Waals surface area contributed by atoms with E-state index in [0.29, 0.717) is 6.42 Å². The number of hydrogen-bond donors (Lipinski definition) is 0. The zero-order valence-corrected chi connectivity index (χ0v) is 13.3. The van der Waals surface area contributed by atoms with Gasteiger partial charge in [-0.1, -0.05) is 29.8 Å². The van der Waals surface area contributed by atoms with E-state index in [0.717, 1.165) is 5.56 Å². The highest BCUT2D eigenvalue weighted by atomic mass is 32.2. The Hall–Kier alpha value is -1.72. The lowest BCUT2D eigenvalue weighted by molar-refractivity contribution is 0.386. The highest BCUT2D eigenvalue weighted by molar-refractivity contribution is 7.89. The van der Waals surface area contributed by atoms with Crippen molar-refractivity contribution in [1.82, 2.24) is 9.29 Å². The molecule has 0 saturated heterocycles. The van der Waals surface area contributed by atoms with Gasteiger partial charge in [0, 0.05) is 25.5 Å². The number of aryl methyl sites for hydroxylation is 1. The average Bonchev–Trinajstić information content (AvgIpc) is 2.49. The summed E-state index contributed by atoms with van der Waals surface area (Å²) >= 11 is 0. The fourth-order valence-corrected chi connectivity index (χ4v) is 3.42. The molecule has 1 aromatic carbocycles. The lowest BCUT2D eigenvalue weighted by Gasteiger charge is -2.24. The van der Waals surface area contributed by atoms with Gasteiger partial charge in [0.25, 0.3) is 0 Å². The van der Waals surface area contributed by atoms with Crippen LogP contribution in [0.3, 0.4) is 0 Å². The predicted octanol–water partition coefficient (Wildman–Crippen LogP) is 2.64. The zero-order chi connectivity index (χ0) is 15.5. The molecule has 1 heterocycles. The molecule has 0 aliphatic heterocycles. The van der Waals surface area contributed by atoms with Crippen LogP contribution in [-0.4, -0.2) is 30.8 Å². The molecule has 5 heteroatoms. The summed E-state index contributed by atoms with van der Waals surface area (Å²) in [7, 11) is -1.88. The minimum atomic E-state index is -3.50. The van der Waals surface area contributed by atoms with Crippen molar-refractivity contribution in [3.8, 4) is 0 Å². The first kappa shape index (κ1) is 15.7. The molecule has 2 aromatic rings. The maximum Gasteiger partial charge on any atom is 0.244 e. The Morgan fingerprint density at radius 1 is 1.19 bits per heavy atom. The van der Waals surface area contributed by atoms with Crippen molar-refractivity contribution in [2.45, 2.75) is 31.2 Å². The van der Waals surface area contributed by atoms with Gasteiger partial charge in [-0.25, -0.2) is 8.42 Å². The standard InChI is InChI=1S/C16H20N2O2S/c1-13-6-8-15(9-7-13)11-14(2)18(3)21(19,20)16-5-4-10-17-12-16/h4-10,12,14H,11H2,1-3H3. The molecule has 0 aliphatic carbocycles. The van der Waals surface area contributed by atoms with Gasteiger partial charge in [0.15, 0.2) is 0 Å². The zero-order valence-electron chi connectivity index (χ0n) is 12.5. The molecular weight excluding hydrogens is 284 g/mol. The van der Waals surface area contributed by atoms with Crippen LogP contribution in [0, 0.1) is 6.92 Å². The highest BCUT2D eigenvalue weighted by Crippen LogP contribution is 2.17. The molecule has 0 N–H and O–H groups in total. The lowest BCUT2D eigenvalue weighted by Crippen LogP contribution is -2.36. The molecule has 112 valence electrons. The van der Waals surface area contributed by atoms with Crippen LogP contribution in [0.15, 0.2) is 53.7 Å². The van der Waals surface area contributed by atoms with Crippen LogP contribution in [0.5, 0.6) is 0 Å². The van der Waals surface area contributed by atoms with Crippen molar-refractivity contribution in [3.63, 3.8) is 0 Å². The summed E-state index contributed by atoms with van der Waals surface area (Å²) < 4.78 is 26.4. The second-order valence-corrected chi connectivity index (χ2v) is 7.25. The third-order valence-corrected chi connectivity index (χ3v) is 5.54. The number of sulfonamides is 1. The Bertz CT molecular complexity index is 682. The molecule has 1 atom stereocenters. The van der Waals surface area contributed by atoms with Gasteiger partial charge in [0.2, 0.25) is 10.0 Å². The first-order chi connectivity index (χ1) is 9.91. The fourth-order valence-electron chi connectivity index (χ4n) is 2.10. The van der Waals surface area contributed by atoms with Gasteiger partial charge in [-0.05, 0) is 38.0 Å². The molecule has 0 radical (unpaired) electrons. The van der Waals surface area contributed by atoms with Gasteiger partial charge in [-0.15, -0.1) is 0 Å². The number of benzene rings is 1. The minimum absolute atomic E-state index is 0.127. The molecule has 0 spiro atoms. The summed E-state index contributed by atoms with van der Waals surface area (Å²) in [6.45, 7) is 3.94. The van der Waals surface area contributed by atoms with E-state index >= 15 is 0 Å². The Morgan fingerprint density at radius 3 is 2.43 bits per heavy atom. The molecule has 1 unspecified atom stereocenters. The van der Waals surface area contributed by atoms with Crippen LogP contribution in [0.1, 0.15) is 18.1 Å². The van der Waals surface area contributed by atoms with Crippen LogP contribution in [0.4, 0.5) is 0 Å². The number of aromatic nitrogens is 1. The monoisotopic (exact) mass is 304 g/mol. The first-order valence-electron chi connectivity index (χ1n) is 6.85. The second-order valence-electron chi connectivity index (χ2n) is 5.25. The summed E-state index contributed by atoms with van der Waals surface area (Å²) in [5.74, 6) is 0. The SMILES string of the molecule is Cc1ccc(CC(C)N(C)S(=O)(=O)c2cccnc2)cc1. The second kappa shape index (κ2) is 6.37. The Balaban J connectivity index is 2.15. The number of pyridine rings is 1. The molecule has 21 heavy (non-hydrogen) atoms. The van der Waals surface area contributed by atoms with Gasteiger partial charge in [-0.3, -0.25) is 4.98 Å². The quantitative estimate of drug-likeness (QED) is 0.853. The van der Waals surface area contributed by atoms with E-state index in [1.54, 1.807) is 25.4 Å². The molecule has 0 bridgehead atoms. The molecule has 2 rings (SSSR count). The maximum absolute atomic E-state index is 12.5. The largest absolute Gasteiger partial charge is 0.263 e. The number of hydrogen-bond acceptors (Lipinski definition) is 3. The van der Waals surface area contributed by atoms with E-state index in [-0.39, 0.29) is 10.9 Å². The van der Waals surface area contributed by atoms with Crippen molar-refractivity contribution in [2.75, 3.05) is 7.05 Å². The molecule has 0 fully saturated rings. The Kier molecular flexibility index (Phi) is 4.75. The smallest absolute Gasteiger partial charge is 0.244 e. The fraction of sp³-hybridized carbons (Fsp3) is 0.312. The topological polar surface area (TPSA) is 50.3 Å². The molecular formula is C16H20N2O2S. The minimum Gasteiger partial charge on any atom is -0.263 e. The van der Waals surface area contributed by atoms with Crippen LogP contribution in [0.2, 0.25) is 0 Å². The Morgan fingerprint density at radius 2 is 1.86 bits per heavy atom. The highest BCUT2D eigenvalue weighted by Gasteiger charge is 2.25. The van der Waals surface area contributed by atoms with Crippen molar-refractivity contribution in [1.29, 1.82) is 0 Å². The van der Waals surface area contributed by atoms with E-state index in [4.69, 9.17) is 0 Å². The van der Waals surface area contributed by atoms with Crippen molar-refractivity contribution in [3.05, 3.63) is 59.9 Å². The summed E-state index contributed by atoms with van der Waals surface area (Å²) in [4.78, 5) is 4.11. The number of likely N-dealkylation sites (N-methyl/N-ethyl adjacent to an activating group) is 1. The van der Waals surface area contributed by atoms with Crippen LogP contribution in [0.25, 0.3) is 0 Å². The summed E-state index contributed by atoms with van der Waals surface area (Å²) in [5, 5.41) is 0. The van der Waals surface area contributed by atoms with Crippen LogP contribution < -0.4 is 0 Å². The predicted molar refractivity (Wildman–Crippen MR) is 83.5 cm³/mol. The van der Waals surface area contributed by atoms with Crippen molar-refractivity contribution < 1.29 is 8.42 Å². The van der Waals surface area contributed by atoms with E-state index in [9.17, 15) is 8.42 Å². The average molecular weight is 304 g/mol. The lowest BCUT2D eigenvalue weighted by atomic mass is 10.1. The Labute approximate surface area is 126 Å². The number of rotatable bonds is 5. The van der Waals surface area contributed by atoms with Gasteiger partial charge in [-0.2, -0.15) is 4.31 Å². The molecule has 0 amide bonds. The summed E-state index contributed by atoms with van der Waals surface area (Å²) in [6.07, 6.45) is 3.62.